The molecule has 0 spiro atoms. The van der Waals surface area contributed by atoms with E-state index in [2.05, 4.69) is 20.6 Å². The maximum Gasteiger partial charge on any atom is 0.356 e. The third-order valence-electron chi connectivity index (χ3n) is 4.56. The fourth-order valence-electron chi connectivity index (χ4n) is 3.05. The minimum atomic E-state index is -1.25. The number of anilines is 2. The molecule has 1 fully saturated rings. The molecule has 0 atom stereocenters. The van der Waals surface area contributed by atoms with E-state index in [1.54, 1.807) is 0 Å². The van der Waals surface area contributed by atoms with E-state index in [4.69, 9.17) is 5.11 Å². The first-order valence-corrected chi connectivity index (χ1v) is 8.91. The molecule has 1 aromatic carbocycles. The van der Waals surface area contributed by atoms with Crippen LogP contribution in [0.3, 0.4) is 0 Å². The number of carbonyl (C=O) groups is 3. The number of benzene rings is 1. The van der Waals surface area contributed by atoms with E-state index in [-0.39, 0.29) is 34.6 Å². The molecule has 0 bridgehead atoms. The Kier molecular flexibility index (Phi) is 5.93. The van der Waals surface area contributed by atoms with Crippen LogP contribution in [-0.4, -0.2) is 32.9 Å². The number of amides is 2. The van der Waals surface area contributed by atoms with Crippen molar-refractivity contribution in [3.8, 4) is 0 Å². The number of hydrogen-bond acceptors (Lipinski definition) is 5. The molecule has 0 unspecified atom stereocenters. The Balaban J connectivity index is 1.69. The molecule has 1 aliphatic rings. The molecule has 8 nitrogen and oxygen atoms in total. The number of aromatic carboxylic acids is 1. The zero-order valence-electron chi connectivity index (χ0n) is 14.9. The molecule has 1 saturated carbocycles. The van der Waals surface area contributed by atoms with Crippen molar-refractivity contribution in [3.05, 3.63) is 47.8 Å². The van der Waals surface area contributed by atoms with Gasteiger partial charge in [0.1, 0.15) is 11.5 Å². The smallest absolute Gasteiger partial charge is 0.356 e. The number of carboxylic acids is 1. The lowest BCUT2D eigenvalue weighted by Crippen LogP contribution is -2.25. The predicted molar refractivity (Wildman–Crippen MR) is 98.5 cm³/mol. The lowest BCUT2D eigenvalue weighted by atomic mass is 9.88. The third-order valence-corrected chi connectivity index (χ3v) is 4.56. The number of carboxylic acid groups (broad SMARTS) is 1. The van der Waals surface area contributed by atoms with Crippen LogP contribution in [-0.2, 0) is 4.79 Å². The number of halogens is 1. The fraction of sp³-hybridized carbons (Fsp3) is 0.316. The van der Waals surface area contributed by atoms with Crippen molar-refractivity contribution >= 4 is 29.2 Å². The normalized spacial score (nSPS) is 14.3. The van der Waals surface area contributed by atoms with Gasteiger partial charge in [0, 0.05) is 11.6 Å². The fourth-order valence-corrected chi connectivity index (χ4v) is 3.05. The molecule has 3 N–H and O–H groups in total. The van der Waals surface area contributed by atoms with Crippen LogP contribution in [0, 0.1) is 11.7 Å². The van der Waals surface area contributed by atoms with Gasteiger partial charge in [-0.25, -0.2) is 19.2 Å². The maximum absolute atomic E-state index is 14.1. The SMILES string of the molecule is O=C(O)c1cnc(C(=O)Nc2ccc(F)c(NC(=O)C3CCCCC3)c2)cn1. The zero-order valence-corrected chi connectivity index (χ0v) is 14.9. The molecule has 146 valence electrons. The summed E-state index contributed by atoms with van der Waals surface area (Å²) in [5, 5.41) is 13.9. The van der Waals surface area contributed by atoms with Gasteiger partial charge in [-0.15, -0.1) is 0 Å². The minimum absolute atomic E-state index is 0.0133. The van der Waals surface area contributed by atoms with Crippen molar-refractivity contribution in [1.82, 2.24) is 9.97 Å². The van der Waals surface area contributed by atoms with Gasteiger partial charge in [-0.2, -0.15) is 0 Å². The number of rotatable bonds is 5. The summed E-state index contributed by atoms with van der Waals surface area (Å²) in [5.41, 5.74) is -0.136. The van der Waals surface area contributed by atoms with Gasteiger partial charge >= 0.3 is 5.97 Å². The first-order valence-electron chi connectivity index (χ1n) is 8.91. The molecule has 28 heavy (non-hydrogen) atoms. The highest BCUT2D eigenvalue weighted by Crippen LogP contribution is 2.26. The van der Waals surface area contributed by atoms with E-state index in [1.807, 2.05) is 0 Å². The highest BCUT2D eigenvalue weighted by Gasteiger charge is 2.22. The van der Waals surface area contributed by atoms with Crippen LogP contribution < -0.4 is 10.6 Å². The molecule has 1 aromatic heterocycles. The topological polar surface area (TPSA) is 121 Å². The predicted octanol–water partition coefficient (Wildman–Crippen LogP) is 3.09. The molecule has 1 aliphatic carbocycles. The number of nitrogens with zero attached hydrogens (tertiary/aromatic N) is 2. The molecule has 2 aromatic rings. The Labute approximate surface area is 160 Å². The summed E-state index contributed by atoms with van der Waals surface area (Å²) in [6.45, 7) is 0. The summed E-state index contributed by atoms with van der Waals surface area (Å²) in [6.07, 6.45) is 6.66. The van der Waals surface area contributed by atoms with Crippen LogP contribution in [0.25, 0.3) is 0 Å². The van der Waals surface area contributed by atoms with Crippen molar-refractivity contribution in [2.75, 3.05) is 10.6 Å². The second kappa shape index (κ2) is 8.55. The van der Waals surface area contributed by atoms with Gasteiger partial charge < -0.3 is 15.7 Å². The van der Waals surface area contributed by atoms with E-state index < -0.39 is 17.7 Å². The molecule has 3 rings (SSSR count). The molecule has 0 radical (unpaired) electrons. The minimum Gasteiger partial charge on any atom is -0.476 e. The number of nitrogens with one attached hydrogen (secondary N) is 2. The van der Waals surface area contributed by atoms with E-state index in [0.717, 1.165) is 50.6 Å². The third kappa shape index (κ3) is 4.67. The van der Waals surface area contributed by atoms with Crippen molar-refractivity contribution < 1.29 is 23.9 Å². The molecule has 2 amide bonds. The lowest BCUT2D eigenvalue weighted by molar-refractivity contribution is -0.120. The Morgan fingerprint density at radius 2 is 1.68 bits per heavy atom. The first-order chi connectivity index (χ1) is 13.4. The molecule has 1 heterocycles. The molecule has 0 aliphatic heterocycles. The summed E-state index contributed by atoms with van der Waals surface area (Å²) in [7, 11) is 0. The van der Waals surface area contributed by atoms with E-state index in [0.29, 0.717) is 0 Å². The van der Waals surface area contributed by atoms with Crippen molar-refractivity contribution in [1.29, 1.82) is 0 Å². The van der Waals surface area contributed by atoms with Crippen LogP contribution in [0.1, 0.15) is 53.1 Å². The Bertz CT molecular complexity index is 895. The van der Waals surface area contributed by atoms with Crippen molar-refractivity contribution in [2.45, 2.75) is 32.1 Å². The Hall–Kier alpha value is -3.36. The Morgan fingerprint density at radius 3 is 2.32 bits per heavy atom. The van der Waals surface area contributed by atoms with E-state index in [1.165, 1.54) is 12.1 Å². The van der Waals surface area contributed by atoms with Gasteiger partial charge in [-0.1, -0.05) is 19.3 Å². The van der Waals surface area contributed by atoms with Gasteiger partial charge in [-0.05, 0) is 31.0 Å². The van der Waals surface area contributed by atoms with Gasteiger partial charge in [0.05, 0.1) is 18.1 Å². The summed E-state index contributed by atoms with van der Waals surface area (Å²) in [4.78, 5) is 42.7. The van der Waals surface area contributed by atoms with Gasteiger partial charge in [0.2, 0.25) is 5.91 Å². The summed E-state index contributed by atoms with van der Waals surface area (Å²) >= 11 is 0. The number of carbonyl (C=O) groups excluding carboxylic acids is 2. The highest BCUT2D eigenvalue weighted by molar-refractivity contribution is 6.03. The monoisotopic (exact) mass is 386 g/mol. The largest absolute Gasteiger partial charge is 0.476 e. The molecular formula is C19H19FN4O4. The van der Waals surface area contributed by atoms with Crippen LogP contribution in [0.5, 0.6) is 0 Å². The number of hydrogen-bond donors (Lipinski definition) is 3. The second-order valence-electron chi connectivity index (χ2n) is 6.56. The zero-order chi connectivity index (χ0) is 20.1. The van der Waals surface area contributed by atoms with Crippen LogP contribution in [0.4, 0.5) is 15.8 Å². The average Bonchev–Trinajstić information content (AvgIpc) is 2.71. The van der Waals surface area contributed by atoms with E-state index >= 15 is 0 Å². The lowest BCUT2D eigenvalue weighted by Gasteiger charge is -2.21. The molecular weight excluding hydrogens is 367 g/mol. The van der Waals surface area contributed by atoms with Gasteiger partial charge in [0.25, 0.3) is 5.91 Å². The standard InChI is InChI=1S/C19H19FN4O4/c20-13-7-6-12(8-14(13)24-17(25)11-4-2-1-3-5-11)23-18(26)15-9-22-16(10-21-15)19(27)28/h6-11H,1-5H2,(H,23,26)(H,24,25)(H,27,28). The van der Waals surface area contributed by atoms with Crippen molar-refractivity contribution in [3.63, 3.8) is 0 Å². The van der Waals surface area contributed by atoms with Gasteiger partial charge in [-0.3, -0.25) is 9.59 Å². The van der Waals surface area contributed by atoms with E-state index in [9.17, 15) is 18.8 Å². The van der Waals surface area contributed by atoms with Crippen molar-refractivity contribution in [2.24, 2.45) is 5.92 Å². The second-order valence-corrected chi connectivity index (χ2v) is 6.56. The number of aromatic nitrogens is 2. The summed E-state index contributed by atoms with van der Waals surface area (Å²) < 4.78 is 14.1. The average molecular weight is 386 g/mol. The molecule has 9 heteroatoms. The van der Waals surface area contributed by atoms with Crippen LogP contribution in [0.15, 0.2) is 30.6 Å². The Morgan fingerprint density at radius 1 is 1.00 bits per heavy atom. The molecule has 0 saturated heterocycles. The summed E-state index contributed by atoms with van der Waals surface area (Å²) in [6, 6.07) is 3.82. The van der Waals surface area contributed by atoms with Crippen LogP contribution in [0.2, 0.25) is 0 Å². The summed E-state index contributed by atoms with van der Waals surface area (Å²) in [5.74, 6) is -2.85. The first kappa shape index (κ1) is 19.4. The quantitative estimate of drug-likeness (QED) is 0.726. The van der Waals surface area contributed by atoms with Gasteiger partial charge in [0.15, 0.2) is 5.69 Å². The maximum atomic E-state index is 14.1. The highest BCUT2D eigenvalue weighted by atomic mass is 19.1. The van der Waals surface area contributed by atoms with Crippen LogP contribution >= 0.6 is 0 Å².